The minimum absolute atomic E-state index is 0.903. The molecular formula is C51H31N5. The Bertz CT molecular complexity index is 3300. The van der Waals surface area contributed by atoms with Crippen molar-refractivity contribution < 1.29 is 0 Å². The molecule has 11 rings (SSSR count). The monoisotopic (exact) mass is 713 g/mol. The van der Waals surface area contributed by atoms with E-state index in [-0.39, 0.29) is 0 Å². The third-order valence-electron chi connectivity index (χ3n) is 10.7. The largest absolute Gasteiger partial charge is 0.256 e. The van der Waals surface area contributed by atoms with Crippen LogP contribution in [0.1, 0.15) is 0 Å². The predicted molar refractivity (Wildman–Crippen MR) is 230 cm³/mol. The Morgan fingerprint density at radius 1 is 0.250 bits per heavy atom. The minimum Gasteiger partial charge on any atom is -0.256 e. The Morgan fingerprint density at radius 2 is 0.714 bits per heavy atom. The summed E-state index contributed by atoms with van der Waals surface area (Å²) in [6.07, 6.45) is 1.90. The van der Waals surface area contributed by atoms with Crippen LogP contribution in [0.3, 0.4) is 0 Å². The van der Waals surface area contributed by atoms with Gasteiger partial charge in [0, 0.05) is 55.4 Å². The van der Waals surface area contributed by atoms with E-state index < -0.39 is 0 Å². The zero-order valence-corrected chi connectivity index (χ0v) is 30.1. The van der Waals surface area contributed by atoms with E-state index in [0.29, 0.717) is 0 Å². The third kappa shape index (κ3) is 5.70. The van der Waals surface area contributed by atoms with Crippen molar-refractivity contribution in [2.45, 2.75) is 0 Å². The van der Waals surface area contributed by atoms with Crippen LogP contribution in [0.4, 0.5) is 0 Å². The van der Waals surface area contributed by atoms with Gasteiger partial charge < -0.3 is 0 Å². The van der Waals surface area contributed by atoms with Crippen LogP contribution in [0.25, 0.3) is 111 Å². The topological polar surface area (TPSA) is 64.5 Å². The summed E-state index contributed by atoms with van der Waals surface area (Å²) in [4.78, 5) is 25.0. The molecule has 0 N–H and O–H groups in total. The number of aromatic nitrogens is 5. The number of hydrogen-bond donors (Lipinski definition) is 0. The molecule has 260 valence electrons. The van der Waals surface area contributed by atoms with Crippen LogP contribution in [-0.4, -0.2) is 24.9 Å². The Balaban J connectivity index is 0.873. The molecule has 56 heavy (non-hydrogen) atoms. The van der Waals surface area contributed by atoms with E-state index in [1.165, 1.54) is 0 Å². The van der Waals surface area contributed by atoms with Gasteiger partial charge in [0.1, 0.15) is 0 Å². The first-order valence-electron chi connectivity index (χ1n) is 18.7. The summed E-state index contributed by atoms with van der Waals surface area (Å²) in [7, 11) is 0. The standard InChI is InChI=1S/C51H31N5/c1-2-6-32(7-3-1)45-24-19-36-15-16-37-20-25-46(56-51(37)50(36)55-45)34-12-10-33(11-13-34)44-27-22-41-28-38(21-26-47(41)53-44)39-17-14-35-18-23-48(54-49(35)30-39)42-29-40-8-4-5-9-43(40)52-31-42/h1-31H. The smallest absolute Gasteiger partial charge is 0.0972 e. The molecule has 0 spiro atoms. The number of benzene rings is 6. The van der Waals surface area contributed by atoms with Gasteiger partial charge in [0.25, 0.3) is 0 Å². The van der Waals surface area contributed by atoms with Gasteiger partial charge in [0.05, 0.1) is 50.4 Å². The van der Waals surface area contributed by atoms with Crippen LogP contribution in [0.15, 0.2) is 188 Å². The van der Waals surface area contributed by atoms with Crippen molar-refractivity contribution in [1.29, 1.82) is 0 Å². The van der Waals surface area contributed by atoms with Gasteiger partial charge in [-0.25, -0.2) is 19.9 Å². The first-order valence-corrected chi connectivity index (χ1v) is 18.7. The van der Waals surface area contributed by atoms with Crippen molar-refractivity contribution in [1.82, 2.24) is 24.9 Å². The molecule has 0 unspecified atom stereocenters. The fourth-order valence-electron chi connectivity index (χ4n) is 7.64. The molecule has 5 aromatic heterocycles. The van der Waals surface area contributed by atoms with Gasteiger partial charge in [-0.05, 0) is 65.7 Å². The van der Waals surface area contributed by atoms with Crippen molar-refractivity contribution in [2.24, 2.45) is 0 Å². The summed E-state index contributed by atoms with van der Waals surface area (Å²) in [5, 5.41) is 5.44. The Morgan fingerprint density at radius 3 is 1.45 bits per heavy atom. The van der Waals surface area contributed by atoms with E-state index in [9.17, 15) is 0 Å². The lowest BCUT2D eigenvalue weighted by atomic mass is 10.0. The van der Waals surface area contributed by atoms with Crippen molar-refractivity contribution in [3.05, 3.63) is 188 Å². The van der Waals surface area contributed by atoms with Crippen molar-refractivity contribution >= 4 is 54.5 Å². The fraction of sp³-hybridized carbons (Fsp3) is 0. The molecular weight excluding hydrogens is 683 g/mol. The second-order valence-corrected chi connectivity index (χ2v) is 14.2. The zero-order valence-electron chi connectivity index (χ0n) is 30.1. The molecule has 0 aliphatic rings. The van der Waals surface area contributed by atoms with Crippen molar-refractivity contribution in [3.63, 3.8) is 0 Å². The van der Waals surface area contributed by atoms with Crippen LogP contribution < -0.4 is 0 Å². The van der Waals surface area contributed by atoms with Crippen LogP contribution in [0.5, 0.6) is 0 Å². The molecule has 0 aliphatic carbocycles. The minimum atomic E-state index is 0.903. The molecule has 0 bridgehead atoms. The van der Waals surface area contributed by atoms with Gasteiger partial charge >= 0.3 is 0 Å². The molecule has 0 saturated heterocycles. The van der Waals surface area contributed by atoms with E-state index >= 15 is 0 Å². The molecule has 0 atom stereocenters. The normalized spacial score (nSPS) is 11.6. The second-order valence-electron chi connectivity index (χ2n) is 14.2. The SMILES string of the molecule is c1ccc(-c2ccc3ccc4ccc(-c5ccc(-c6ccc7cc(-c8ccc9ccc(-c%10cnc%11ccccc%11c%10)nc9c8)ccc7n6)cc5)nc4c3n2)cc1. The molecule has 5 heteroatoms. The predicted octanol–water partition coefficient (Wildman–Crippen LogP) is 12.8. The lowest BCUT2D eigenvalue weighted by Crippen LogP contribution is -1.91. The number of rotatable bonds is 5. The van der Waals surface area contributed by atoms with Crippen LogP contribution in [0.2, 0.25) is 0 Å². The van der Waals surface area contributed by atoms with Gasteiger partial charge in [-0.1, -0.05) is 127 Å². The molecule has 11 aromatic rings. The highest BCUT2D eigenvalue weighted by atomic mass is 14.8. The Hall–Kier alpha value is -7.63. The lowest BCUT2D eigenvalue weighted by molar-refractivity contribution is 1.35. The molecule has 0 aliphatic heterocycles. The highest BCUT2D eigenvalue weighted by Crippen LogP contribution is 2.32. The third-order valence-corrected chi connectivity index (χ3v) is 10.7. The maximum atomic E-state index is 5.15. The Labute approximate surface area is 322 Å². The number of pyridine rings is 5. The quantitative estimate of drug-likeness (QED) is 0.166. The summed E-state index contributed by atoms with van der Waals surface area (Å²) >= 11 is 0. The fourth-order valence-corrected chi connectivity index (χ4v) is 7.64. The maximum absolute atomic E-state index is 5.15. The van der Waals surface area contributed by atoms with Crippen molar-refractivity contribution in [3.8, 4) is 56.2 Å². The number of para-hydroxylation sites is 1. The average Bonchev–Trinajstić information content (AvgIpc) is 3.28. The molecule has 0 radical (unpaired) electrons. The summed E-state index contributed by atoms with van der Waals surface area (Å²) in [5.41, 5.74) is 14.8. The highest BCUT2D eigenvalue weighted by Gasteiger charge is 2.11. The van der Waals surface area contributed by atoms with E-state index in [1.807, 2.05) is 42.6 Å². The molecule has 5 heterocycles. The van der Waals surface area contributed by atoms with E-state index in [1.54, 1.807) is 0 Å². The van der Waals surface area contributed by atoms with Gasteiger partial charge in [0.2, 0.25) is 0 Å². The molecule has 6 aromatic carbocycles. The van der Waals surface area contributed by atoms with Crippen molar-refractivity contribution in [2.75, 3.05) is 0 Å². The summed E-state index contributed by atoms with van der Waals surface area (Å²) in [6, 6.07) is 63.2. The summed E-state index contributed by atoms with van der Waals surface area (Å²) < 4.78 is 0. The van der Waals surface area contributed by atoms with Crippen LogP contribution in [0, 0.1) is 0 Å². The number of fused-ring (bicyclic) bond motifs is 6. The molecule has 0 amide bonds. The molecule has 5 nitrogen and oxygen atoms in total. The number of nitrogens with zero attached hydrogens (tertiary/aromatic N) is 5. The van der Waals surface area contributed by atoms with E-state index in [4.69, 9.17) is 19.9 Å². The first kappa shape index (κ1) is 31.9. The van der Waals surface area contributed by atoms with Crippen LogP contribution >= 0.6 is 0 Å². The summed E-state index contributed by atoms with van der Waals surface area (Å²) in [5.74, 6) is 0. The van der Waals surface area contributed by atoms with Gasteiger partial charge in [0.15, 0.2) is 0 Å². The average molecular weight is 714 g/mol. The van der Waals surface area contributed by atoms with E-state index in [2.05, 4.69) is 151 Å². The van der Waals surface area contributed by atoms with E-state index in [0.717, 1.165) is 111 Å². The maximum Gasteiger partial charge on any atom is 0.0972 e. The molecule has 0 fully saturated rings. The van der Waals surface area contributed by atoms with Gasteiger partial charge in [-0.2, -0.15) is 0 Å². The highest BCUT2D eigenvalue weighted by molar-refractivity contribution is 6.04. The van der Waals surface area contributed by atoms with Gasteiger partial charge in [-0.3, -0.25) is 4.98 Å². The lowest BCUT2D eigenvalue weighted by Gasteiger charge is -2.10. The van der Waals surface area contributed by atoms with Gasteiger partial charge in [-0.15, -0.1) is 0 Å². The summed E-state index contributed by atoms with van der Waals surface area (Å²) in [6.45, 7) is 0. The number of hydrogen-bond acceptors (Lipinski definition) is 5. The first-order chi connectivity index (χ1) is 27.7. The zero-order chi connectivity index (χ0) is 37.0. The second kappa shape index (κ2) is 13.0. The Kier molecular flexibility index (Phi) is 7.42. The molecule has 0 saturated carbocycles. The van der Waals surface area contributed by atoms with Crippen LogP contribution in [-0.2, 0) is 0 Å².